The Morgan fingerprint density at radius 1 is 1.41 bits per heavy atom. The van der Waals surface area contributed by atoms with E-state index in [4.69, 9.17) is 0 Å². The molecule has 2 aliphatic carbocycles. The quantitative estimate of drug-likeness (QED) is 0.654. The largest absolute Gasteiger partial charge is 0.389 e. The molecule has 1 unspecified atom stereocenters. The summed E-state index contributed by atoms with van der Waals surface area (Å²) in [6.45, 7) is 8.43. The number of allylic oxidation sites excluding steroid dienone is 3. The molecular formula is C15H22O2. The van der Waals surface area contributed by atoms with Gasteiger partial charge in [-0.2, -0.15) is 0 Å². The van der Waals surface area contributed by atoms with Crippen molar-refractivity contribution in [1.29, 1.82) is 0 Å². The summed E-state index contributed by atoms with van der Waals surface area (Å²) in [7, 11) is 0. The zero-order valence-electron chi connectivity index (χ0n) is 11.2. The van der Waals surface area contributed by atoms with Crippen LogP contribution in [0.3, 0.4) is 0 Å². The molecule has 3 atom stereocenters. The molecule has 17 heavy (non-hydrogen) atoms. The summed E-state index contributed by atoms with van der Waals surface area (Å²) in [6.07, 6.45) is 3.91. The van der Waals surface area contributed by atoms with Crippen LogP contribution in [-0.4, -0.2) is 17.0 Å². The number of ketones is 1. The van der Waals surface area contributed by atoms with Crippen molar-refractivity contribution in [3.63, 3.8) is 0 Å². The Morgan fingerprint density at radius 2 is 2.06 bits per heavy atom. The molecular weight excluding hydrogens is 212 g/mol. The van der Waals surface area contributed by atoms with Crippen LogP contribution < -0.4 is 0 Å². The van der Waals surface area contributed by atoms with Crippen LogP contribution >= 0.6 is 0 Å². The molecule has 2 rings (SSSR count). The fourth-order valence-electron chi connectivity index (χ4n) is 3.19. The van der Waals surface area contributed by atoms with Crippen LogP contribution in [0.5, 0.6) is 0 Å². The molecule has 0 aliphatic heterocycles. The zero-order valence-corrected chi connectivity index (χ0v) is 11.2. The number of carbonyl (C=O) groups is 1. The third-order valence-electron chi connectivity index (χ3n) is 4.71. The van der Waals surface area contributed by atoms with Gasteiger partial charge in [-0.15, -0.1) is 0 Å². The van der Waals surface area contributed by atoms with Gasteiger partial charge in [-0.3, -0.25) is 4.79 Å². The highest BCUT2D eigenvalue weighted by Crippen LogP contribution is 2.51. The van der Waals surface area contributed by atoms with Crippen LogP contribution in [0, 0.1) is 11.3 Å². The van der Waals surface area contributed by atoms with Crippen LogP contribution in [-0.2, 0) is 4.79 Å². The van der Waals surface area contributed by atoms with Crippen LogP contribution in [0.2, 0.25) is 0 Å². The average Bonchev–Trinajstić information content (AvgIpc) is 2.26. The van der Waals surface area contributed by atoms with Gasteiger partial charge < -0.3 is 5.11 Å². The van der Waals surface area contributed by atoms with Crippen molar-refractivity contribution in [2.24, 2.45) is 11.3 Å². The van der Waals surface area contributed by atoms with Crippen molar-refractivity contribution in [2.75, 3.05) is 0 Å². The maximum absolute atomic E-state index is 12.0. The van der Waals surface area contributed by atoms with E-state index in [2.05, 4.69) is 13.8 Å². The molecule has 94 valence electrons. The van der Waals surface area contributed by atoms with Crippen molar-refractivity contribution in [2.45, 2.75) is 53.1 Å². The molecule has 2 aliphatic rings. The maximum Gasteiger partial charge on any atom is 0.181 e. The molecule has 1 fully saturated rings. The summed E-state index contributed by atoms with van der Waals surface area (Å²) in [5.74, 6) is 0.630. The SMILES string of the molecule is CC(C)=C1C[C@@]2(C)C(=CC1=O)C(O)CC[C@@H]2C. The Morgan fingerprint density at radius 3 is 2.65 bits per heavy atom. The number of rotatable bonds is 0. The Labute approximate surface area is 103 Å². The highest BCUT2D eigenvalue weighted by molar-refractivity contribution is 6.06. The molecule has 0 heterocycles. The molecule has 1 saturated carbocycles. The van der Waals surface area contributed by atoms with Gasteiger partial charge in [0.05, 0.1) is 6.10 Å². The van der Waals surface area contributed by atoms with Crippen LogP contribution in [0.1, 0.15) is 47.0 Å². The number of carbonyl (C=O) groups excluding carboxylic acids is 1. The van der Waals surface area contributed by atoms with Gasteiger partial charge in [0.2, 0.25) is 0 Å². The van der Waals surface area contributed by atoms with Crippen LogP contribution in [0.4, 0.5) is 0 Å². The molecule has 2 heteroatoms. The Bertz CT molecular complexity index is 413. The fraction of sp³-hybridized carbons (Fsp3) is 0.667. The lowest BCUT2D eigenvalue weighted by atomic mass is 9.58. The van der Waals surface area contributed by atoms with E-state index in [0.717, 1.165) is 36.0 Å². The molecule has 0 aromatic carbocycles. The summed E-state index contributed by atoms with van der Waals surface area (Å²) in [6, 6.07) is 0. The van der Waals surface area contributed by atoms with E-state index in [0.29, 0.717) is 5.92 Å². The van der Waals surface area contributed by atoms with Crippen molar-refractivity contribution in [1.82, 2.24) is 0 Å². The number of hydrogen-bond acceptors (Lipinski definition) is 2. The van der Waals surface area contributed by atoms with Gasteiger partial charge in [0.25, 0.3) is 0 Å². The first kappa shape index (κ1) is 12.6. The molecule has 0 aromatic rings. The average molecular weight is 234 g/mol. The monoisotopic (exact) mass is 234 g/mol. The van der Waals surface area contributed by atoms with Crippen molar-refractivity contribution >= 4 is 5.78 Å². The second kappa shape index (κ2) is 4.09. The first-order chi connectivity index (χ1) is 7.86. The third-order valence-corrected chi connectivity index (χ3v) is 4.71. The minimum absolute atomic E-state index is 0.0296. The lowest BCUT2D eigenvalue weighted by Gasteiger charge is -2.47. The third kappa shape index (κ3) is 1.89. The summed E-state index contributed by atoms with van der Waals surface area (Å²) in [4.78, 5) is 12.0. The first-order valence-corrected chi connectivity index (χ1v) is 6.47. The normalized spacial score (nSPS) is 37.6. The number of aliphatic hydroxyl groups excluding tert-OH is 1. The highest BCUT2D eigenvalue weighted by atomic mass is 16.3. The van der Waals surface area contributed by atoms with Gasteiger partial charge in [-0.25, -0.2) is 0 Å². The second-order valence-corrected chi connectivity index (χ2v) is 6.03. The van der Waals surface area contributed by atoms with Gasteiger partial charge in [-0.1, -0.05) is 19.4 Å². The number of aliphatic hydroxyl groups is 1. The Balaban J connectivity index is 2.51. The highest BCUT2D eigenvalue weighted by Gasteiger charge is 2.45. The van der Waals surface area contributed by atoms with E-state index in [-0.39, 0.29) is 11.2 Å². The van der Waals surface area contributed by atoms with E-state index >= 15 is 0 Å². The van der Waals surface area contributed by atoms with E-state index in [1.54, 1.807) is 6.08 Å². The Hall–Kier alpha value is -0.890. The summed E-state index contributed by atoms with van der Waals surface area (Å²) >= 11 is 0. The van der Waals surface area contributed by atoms with E-state index in [9.17, 15) is 9.90 Å². The van der Waals surface area contributed by atoms with Crippen molar-refractivity contribution < 1.29 is 9.90 Å². The van der Waals surface area contributed by atoms with E-state index in [1.807, 2.05) is 13.8 Å². The van der Waals surface area contributed by atoms with Crippen molar-refractivity contribution in [3.05, 3.63) is 22.8 Å². The summed E-state index contributed by atoms with van der Waals surface area (Å²) in [5, 5.41) is 10.1. The zero-order chi connectivity index (χ0) is 12.8. The number of hydrogen-bond donors (Lipinski definition) is 1. The molecule has 0 amide bonds. The maximum atomic E-state index is 12.0. The number of fused-ring (bicyclic) bond motifs is 1. The van der Waals surface area contributed by atoms with E-state index in [1.165, 1.54) is 0 Å². The van der Waals surface area contributed by atoms with Gasteiger partial charge in [0.15, 0.2) is 5.78 Å². The minimum atomic E-state index is -0.418. The van der Waals surface area contributed by atoms with Crippen molar-refractivity contribution in [3.8, 4) is 0 Å². The summed E-state index contributed by atoms with van der Waals surface area (Å²) < 4.78 is 0. The fourth-order valence-corrected chi connectivity index (χ4v) is 3.19. The predicted octanol–water partition coefficient (Wildman–Crippen LogP) is 3.02. The molecule has 0 saturated heterocycles. The molecule has 1 N–H and O–H groups in total. The topological polar surface area (TPSA) is 37.3 Å². The van der Waals surface area contributed by atoms with Gasteiger partial charge in [0.1, 0.15) is 0 Å². The van der Waals surface area contributed by atoms with Crippen LogP contribution in [0.15, 0.2) is 22.8 Å². The van der Waals surface area contributed by atoms with Crippen LogP contribution in [0.25, 0.3) is 0 Å². The molecule has 0 spiro atoms. The predicted molar refractivity (Wildman–Crippen MR) is 68.6 cm³/mol. The first-order valence-electron chi connectivity index (χ1n) is 6.47. The smallest absolute Gasteiger partial charge is 0.181 e. The lowest BCUT2D eigenvalue weighted by molar-refractivity contribution is -0.112. The molecule has 2 nitrogen and oxygen atoms in total. The molecule has 0 aromatic heterocycles. The Kier molecular flexibility index (Phi) is 3.03. The standard InChI is InChI=1S/C15H22O2/c1-9(2)11-8-15(4)10(3)5-6-13(16)12(15)7-14(11)17/h7,10,13,16H,5-6,8H2,1-4H3/t10-,13?,15+/m0/s1. The second-order valence-electron chi connectivity index (χ2n) is 6.03. The lowest BCUT2D eigenvalue weighted by Crippen LogP contribution is -2.42. The van der Waals surface area contributed by atoms with Gasteiger partial charge in [0, 0.05) is 0 Å². The summed E-state index contributed by atoms with van der Waals surface area (Å²) in [5.41, 5.74) is 2.99. The minimum Gasteiger partial charge on any atom is -0.389 e. The van der Waals surface area contributed by atoms with E-state index < -0.39 is 6.10 Å². The van der Waals surface area contributed by atoms with Gasteiger partial charge in [-0.05, 0) is 61.7 Å². The molecule has 0 radical (unpaired) electrons. The molecule has 0 bridgehead atoms. The van der Waals surface area contributed by atoms with Gasteiger partial charge >= 0.3 is 0 Å².